The van der Waals surface area contributed by atoms with E-state index in [4.69, 9.17) is 11.6 Å². The van der Waals surface area contributed by atoms with E-state index in [1.165, 1.54) is 6.33 Å². The van der Waals surface area contributed by atoms with Gasteiger partial charge < -0.3 is 10.2 Å². The number of halogens is 1. The average molecular weight is 283 g/mol. The second-order valence-electron chi connectivity index (χ2n) is 5.69. The normalized spacial score (nSPS) is 12.3. The quantitative estimate of drug-likeness (QED) is 0.847. The standard InChI is InChI=1S/C12H19ClN6/c1-12(2,7-18(3)4)6-14-10-5-9(13)17-11-15-8-16-19(10)11/h5,8,14H,6-7H2,1-4H3. The molecule has 0 spiro atoms. The molecular weight excluding hydrogens is 264 g/mol. The fourth-order valence-electron chi connectivity index (χ4n) is 2.15. The second-order valence-corrected chi connectivity index (χ2v) is 6.08. The molecule has 7 heteroatoms. The fourth-order valence-corrected chi connectivity index (χ4v) is 2.33. The molecule has 0 unspecified atom stereocenters. The molecule has 1 N–H and O–H groups in total. The van der Waals surface area contributed by atoms with Crippen molar-refractivity contribution in [3.8, 4) is 0 Å². The van der Waals surface area contributed by atoms with Gasteiger partial charge in [-0.2, -0.15) is 19.6 Å². The summed E-state index contributed by atoms with van der Waals surface area (Å²) in [4.78, 5) is 10.3. The number of nitrogens with one attached hydrogen (secondary N) is 1. The van der Waals surface area contributed by atoms with Crippen LogP contribution in [0.15, 0.2) is 12.4 Å². The molecule has 0 aliphatic heterocycles. The molecule has 0 aliphatic rings. The van der Waals surface area contributed by atoms with Gasteiger partial charge in [0.1, 0.15) is 17.3 Å². The lowest BCUT2D eigenvalue weighted by Crippen LogP contribution is -2.34. The molecule has 0 fully saturated rings. The maximum atomic E-state index is 5.97. The van der Waals surface area contributed by atoms with Crippen molar-refractivity contribution in [1.29, 1.82) is 0 Å². The Labute approximate surface area is 117 Å². The zero-order valence-electron chi connectivity index (χ0n) is 11.7. The lowest BCUT2D eigenvalue weighted by molar-refractivity contribution is 0.254. The van der Waals surface area contributed by atoms with Crippen molar-refractivity contribution in [3.63, 3.8) is 0 Å². The Morgan fingerprint density at radius 2 is 2.16 bits per heavy atom. The predicted octanol–water partition coefficient (Wildman–Crippen LogP) is 1.78. The van der Waals surface area contributed by atoms with Crippen LogP contribution in [-0.4, -0.2) is 51.7 Å². The van der Waals surface area contributed by atoms with Gasteiger partial charge in [-0.1, -0.05) is 25.4 Å². The Morgan fingerprint density at radius 3 is 2.84 bits per heavy atom. The van der Waals surface area contributed by atoms with Gasteiger partial charge in [-0.05, 0) is 19.5 Å². The second kappa shape index (κ2) is 5.30. The maximum Gasteiger partial charge on any atom is 0.255 e. The van der Waals surface area contributed by atoms with Crippen molar-refractivity contribution in [2.75, 3.05) is 32.5 Å². The molecule has 2 aromatic heterocycles. The van der Waals surface area contributed by atoms with E-state index in [0.717, 1.165) is 18.9 Å². The Kier molecular flexibility index (Phi) is 3.91. The Balaban J connectivity index is 2.15. The van der Waals surface area contributed by atoms with Crippen molar-refractivity contribution >= 4 is 23.2 Å². The number of anilines is 1. The van der Waals surface area contributed by atoms with Crippen LogP contribution in [0.1, 0.15) is 13.8 Å². The summed E-state index contributed by atoms with van der Waals surface area (Å²) in [7, 11) is 4.14. The zero-order valence-corrected chi connectivity index (χ0v) is 12.4. The van der Waals surface area contributed by atoms with Gasteiger partial charge in [-0.15, -0.1) is 0 Å². The molecule has 0 atom stereocenters. The fraction of sp³-hybridized carbons (Fsp3) is 0.583. The highest BCUT2D eigenvalue weighted by Gasteiger charge is 2.19. The molecule has 0 amide bonds. The van der Waals surface area contributed by atoms with Crippen molar-refractivity contribution < 1.29 is 0 Å². The summed E-state index contributed by atoms with van der Waals surface area (Å²) in [5.41, 5.74) is 0.131. The van der Waals surface area contributed by atoms with E-state index in [2.05, 4.69) is 53.2 Å². The number of rotatable bonds is 5. The van der Waals surface area contributed by atoms with Gasteiger partial charge in [0.15, 0.2) is 0 Å². The Morgan fingerprint density at radius 1 is 1.42 bits per heavy atom. The molecule has 6 nitrogen and oxygen atoms in total. The summed E-state index contributed by atoms with van der Waals surface area (Å²) in [6.45, 7) is 6.21. The highest BCUT2D eigenvalue weighted by Crippen LogP contribution is 2.19. The van der Waals surface area contributed by atoms with Crippen molar-refractivity contribution in [3.05, 3.63) is 17.5 Å². The van der Waals surface area contributed by atoms with Crippen molar-refractivity contribution in [2.45, 2.75) is 13.8 Å². The number of nitrogens with zero attached hydrogens (tertiary/aromatic N) is 5. The van der Waals surface area contributed by atoms with Crippen LogP contribution in [-0.2, 0) is 0 Å². The van der Waals surface area contributed by atoms with Gasteiger partial charge in [-0.25, -0.2) is 0 Å². The topological polar surface area (TPSA) is 58.3 Å². The first kappa shape index (κ1) is 14.0. The Hall–Kier alpha value is -1.40. The van der Waals surface area contributed by atoms with Crippen LogP contribution in [0.4, 0.5) is 5.82 Å². The number of aromatic nitrogens is 4. The van der Waals surface area contributed by atoms with Crippen LogP contribution in [0.2, 0.25) is 5.15 Å². The molecule has 0 saturated heterocycles. The van der Waals surface area contributed by atoms with Crippen molar-refractivity contribution in [2.24, 2.45) is 5.41 Å². The third-order valence-electron chi connectivity index (χ3n) is 2.71. The van der Waals surface area contributed by atoms with Gasteiger partial charge in [0.2, 0.25) is 0 Å². The summed E-state index contributed by atoms with van der Waals surface area (Å²) >= 11 is 5.97. The zero-order chi connectivity index (χ0) is 14.0. The van der Waals surface area contributed by atoms with Crippen LogP contribution in [0.5, 0.6) is 0 Å². The van der Waals surface area contributed by atoms with Gasteiger partial charge in [-0.3, -0.25) is 0 Å². The molecule has 0 bridgehead atoms. The summed E-state index contributed by atoms with van der Waals surface area (Å²) in [5.74, 6) is 1.31. The van der Waals surface area contributed by atoms with E-state index in [1.54, 1.807) is 10.6 Å². The molecule has 2 rings (SSSR count). The molecule has 2 heterocycles. The van der Waals surface area contributed by atoms with Gasteiger partial charge in [0.25, 0.3) is 5.78 Å². The SMILES string of the molecule is CN(C)CC(C)(C)CNc1cc(Cl)nc2ncnn12. The van der Waals surface area contributed by atoms with Gasteiger partial charge in [0.05, 0.1) is 0 Å². The summed E-state index contributed by atoms with van der Waals surface area (Å²) in [5, 5.41) is 7.91. The summed E-state index contributed by atoms with van der Waals surface area (Å²) in [6, 6.07) is 1.76. The molecule has 0 radical (unpaired) electrons. The van der Waals surface area contributed by atoms with Crippen LogP contribution in [0.3, 0.4) is 0 Å². The first-order valence-corrected chi connectivity index (χ1v) is 6.50. The van der Waals surface area contributed by atoms with Crippen LogP contribution < -0.4 is 5.32 Å². The molecule has 2 aromatic rings. The highest BCUT2D eigenvalue weighted by atomic mass is 35.5. The third kappa shape index (κ3) is 3.54. The minimum Gasteiger partial charge on any atom is -0.369 e. The van der Waals surface area contributed by atoms with E-state index in [9.17, 15) is 0 Å². The number of fused-ring (bicyclic) bond motifs is 1. The molecule has 0 saturated carbocycles. The van der Waals surface area contributed by atoms with Crippen LogP contribution >= 0.6 is 11.6 Å². The van der Waals surface area contributed by atoms with Crippen LogP contribution in [0.25, 0.3) is 5.78 Å². The number of hydrogen-bond donors (Lipinski definition) is 1. The minimum atomic E-state index is 0.131. The minimum absolute atomic E-state index is 0.131. The van der Waals surface area contributed by atoms with E-state index in [1.807, 2.05) is 0 Å². The molecule has 0 aromatic carbocycles. The first-order valence-electron chi connectivity index (χ1n) is 6.12. The largest absolute Gasteiger partial charge is 0.369 e. The Bertz CT molecular complexity index is 562. The van der Waals surface area contributed by atoms with E-state index < -0.39 is 0 Å². The summed E-state index contributed by atoms with van der Waals surface area (Å²) in [6.07, 6.45) is 1.47. The molecule has 0 aliphatic carbocycles. The van der Waals surface area contributed by atoms with Gasteiger partial charge >= 0.3 is 0 Å². The van der Waals surface area contributed by atoms with Crippen molar-refractivity contribution in [1.82, 2.24) is 24.5 Å². The van der Waals surface area contributed by atoms with Crippen LogP contribution in [0, 0.1) is 5.41 Å². The molecule has 104 valence electrons. The average Bonchev–Trinajstić information content (AvgIpc) is 2.71. The van der Waals surface area contributed by atoms with E-state index in [-0.39, 0.29) is 5.41 Å². The molecular formula is C12H19ClN6. The first-order chi connectivity index (χ1) is 8.87. The third-order valence-corrected chi connectivity index (χ3v) is 2.91. The van der Waals surface area contributed by atoms with Gasteiger partial charge in [0, 0.05) is 19.2 Å². The smallest absolute Gasteiger partial charge is 0.255 e. The maximum absolute atomic E-state index is 5.97. The highest BCUT2D eigenvalue weighted by molar-refractivity contribution is 6.29. The van der Waals surface area contributed by atoms with E-state index >= 15 is 0 Å². The summed E-state index contributed by atoms with van der Waals surface area (Å²) < 4.78 is 1.65. The lowest BCUT2D eigenvalue weighted by Gasteiger charge is -2.28. The number of hydrogen-bond acceptors (Lipinski definition) is 5. The predicted molar refractivity (Wildman–Crippen MR) is 76.6 cm³/mol. The lowest BCUT2D eigenvalue weighted by atomic mass is 9.93. The molecule has 19 heavy (non-hydrogen) atoms. The van der Waals surface area contributed by atoms with E-state index in [0.29, 0.717) is 10.9 Å². The monoisotopic (exact) mass is 282 g/mol.